The Morgan fingerprint density at radius 1 is 1.08 bits per heavy atom. The summed E-state index contributed by atoms with van der Waals surface area (Å²) in [7, 11) is 0. The van der Waals surface area contributed by atoms with Gasteiger partial charge in [0.2, 0.25) is 0 Å². The molecule has 2 aromatic carbocycles. The molecule has 0 aromatic heterocycles. The van der Waals surface area contributed by atoms with Crippen LogP contribution in [0.25, 0.3) is 0 Å². The van der Waals surface area contributed by atoms with Crippen molar-refractivity contribution in [1.82, 2.24) is 0 Å². The van der Waals surface area contributed by atoms with E-state index in [0.29, 0.717) is 17.9 Å². The van der Waals surface area contributed by atoms with E-state index in [0.717, 1.165) is 16.9 Å². The number of benzene rings is 2. The van der Waals surface area contributed by atoms with Gasteiger partial charge in [-0.05, 0) is 37.6 Å². The summed E-state index contributed by atoms with van der Waals surface area (Å²) in [4.78, 5) is 11.9. The molecule has 0 aliphatic carbocycles. The summed E-state index contributed by atoms with van der Waals surface area (Å²) in [6, 6.07) is 15.6. The second-order valence-corrected chi connectivity index (χ2v) is 6.25. The van der Waals surface area contributed by atoms with E-state index in [1.54, 1.807) is 6.92 Å². The lowest BCUT2D eigenvalue weighted by Gasteiger charge is -2.28. The van der Waals surface area contributed by atoms with E-state index in [1.807, 2.05) is 55.5 Å². The molecule has 0 fully saturated rings. The summed E-state index contributed by atoms with van der Waals surface area (Å²) in [5.74, 6) is 0.994. The van der Waals surface area contributed by atoms with Gasteiger partial charge in [0, 0.05) is 16.6 Å². The van der Waals surface area contributed by atoms with Crippen LogP contribution in [0.4, 0.5) is 0 Å². The summed E-state index contributed by atoms with van der Waals surface area (Å²) in [5, 5.41) is 0. The van der Waals surface area contributed by atoms with E-state index in [2.05, 4.69) is 20.4 Å². The molecule has 0 radical (unpaired) electrons. The Morgan fingerprint density at radius 2 is 1.71 bits per heavy atom. The van der Waals surface area contributed by atoms with Gasteiger partial charge >= 0.3 is 5.97 Å². The van der Waals surface area contributed by atoms with E-state index in [-0.39, 0.29) is 5.41 Å². The molecule has 0 N–H and O–H groups in total. The van der Waals surface area contributed by atoms with Gasteiger partial charge in [-0.1, -0.05) is 50.8 Å². The zero-order valence-corrected chi connectivity index (χ0v) is 14.8. The molecule has 0 saturated carbocycles. The molecule has 0 saturated heterocycles. The standard InChI is InChI=1S/C21H24O3/c1-6-23-17-13-11-16(12-14-17)21(4,5)18-9-7-8-10-19(18)24-20(22)15(2)3/h7-14H,2,6H2,1,3-5H3. The summed E-state index contributed by atoms with van der Waals surface area (Å²) in [6.45, 7) is 12.1. The molecule has 0 aliphatic heterocycles. The number of hydrogen-bond donors (Lipinski definition) is 0. The third-order valence-corrected chi connectivity index (χ3v) is 4.00. The van der Waals surface area contributed by atoms with Gasteiger partial charge in [-0.3, -0.25) is 0 Å². The van der Waals surface area contributed by atoms with Crippen LogP contribution < -0.4 is 9.47 Å². The van der Waals surface area contributed by atoms with Crippen LogP contribution >= 0.6 is 0 Å². The van der Waals surface area contributed by atoms with Gasteiger partial charge < -0.3 is 9.47 Å². The van der Waals surface area contributed by atoms with Crippen molar-refractivity contribution in [3.63, 3.8) is 0 Å². The number of hydrogen-bond acceptors (Lipinski definition) is 3. The Hall–Kier alpha value is -2.55. The average Bonchev–Trinajstić information content (AvgIpc) is 2.56. The SMILES string of the molecule is C=C(C)C(=O)Oc1ccccc1C(C)(C)c1ccc(OCC)cc1. The maximum atomic E-state index is 11.9. The molecule has 3 nitrogen and oxygen atoms in total. The second-order valence-electron chi connectivity index (χ2n) is 6.25. The molecular weight excluding hydrogens is 300 g/mol. The highest BCUT2D eigenvalue weighted by atomic mass is 16.5. The smallest absolute Gasteiger partial charge is 0.338 e. The second kappa shape index (κ2) is 7.35. The van der Waals surface area contributed by atoms with Crippen molar-refractivity contribution < 1.29 is 14.3 Å². The van der Waals surface area contributed by atoms with Crippen molar-refractivity contribution in [3.8, 4) is 11.5 Å². The van der Waals surface area contributed by atoms with Crippen LogP contribution in [0.15, 0.2) is 60.7 Å². The molecule has 0 unspecified atom stereocenters. The molecule has 2 aromatic rings. The lowest BCUT2D eigenvalue weighted by Crippen LogP contribution is -2.21. The molecule has 3 heteroatoms. The largest absolute Gasteiger partial charge is 0.494 e. The molecule has 24 heavy (non-hydrogen) atoms. The van der Waals surface area contributed by atoms with Crippen LogP contribution in [-0.2, 0) is 10.2 Å². The number of esters is 1. The van der Waals surface area contributed by atoms with Gasteiger partial charge in [-0.25, -0.2) is 4.79 Å². The Labute approximate surface area is 143 Å². The van der Waals surface area contributed by atoms with E-state index in [4.69, 9.17) is 9.47 Å². The predicted octanol–water partition coefficient (Wildman–Crippen LogP) is 4.89. The number of para-hydroxylation sites is 1. The van der Waals surface area contributed by atoms with Crippen LogP contribution in [0, 0.1) is 0 Å². The quantitative estimate of drug-likeness (QED) is 0.431. The van der Waals surface area contributed by atoms with Crippen molar-refractivity contribution >= 4 is 5.97 Å². The van der Waals surface area contributed by atoms with E-state index >= 15 is 0 Å². The first-order valence-corrected chi connectivity index (χ1v) is 8.06. The predicted molar refractivity (Wildman–Crippen MR) is 96.6 cm³/mol. The van der Waals surface area contributed by atoms with E-state index in [9.17, 15) is 4.79 Å². The highest BCUT2D eigenvalue weighted by Crippen LogP contribution is 2.37. The van der Waals surface area contributed by atoms with Gasteiger partial charge in [0.25, 0.3) is 0 Å². The summed E-state index contributed by atoms with van der Waals surface area (Å²) >= 11 is 0. The van der Waals surface area contributed by atoms with E-state index in [1.165, 1.54) is 0 Å². The lowest BCUT2D eigenvalue weighted by molar-refractivity contribution is -0.130. The van der Waals surface area contributed by atoms with Crippen LogP contribution in [0.5, 0.6) is 11.5 Å². The zero-order valence-electron chi connectivity index (χ0n) is 14.8. The minimum atomic E-state index is -0.412. The number of rotatable bonds is 6. The first-order chi connectivity index (χ1) is 11.4. The first kappa shape index (κ1) is 17.8. The normalized spacial score (nSPS) is 11.0. The number of ether oxygens (including phenoxy) is 2. The fourth-order valence-electron chi connectivity index (χ4n) is 2.55. The molecule has 0 aliphatic rings. The molecular formula is C21H24O3. The molecule has 0 atom stereocenters. The number of carbonyl (C=O) groups is 1. The maximum Gasteiger partial charge on any atom is 0.338 e. The Bertz CT molecular complexity index is 727. The van der Waals surface area contributed by atoms with Gasteiger partial charge in [0.15, 0.2) is 0 Å². The third-order valence-electron chi connectivity index (χ3n) is 4.00. The van der Waals surface area contributed by atoms with Gasteiger partial charge in [0.05, 0.1) is 6.61 Å². The van der Waals surface area contributed by atoms with Crippen LogP contribution in [0.1, 0.15) is 38.8 Å². The third kappa shape index (κ3) is 3.85. The Morgan fingerprint density at radius 3 is 2.29 bits per heavy atom. The van der Waals surface area contributed by atoms with E-state index < -0.39 is 5.97 Å². The minimum Gasteiger partial charge on any atom is -0.494 e. The average molecular weight is 324 g/mol. The highest BCUT2D eigenvalue weighted by Gasteiger charge is 2.27. The van der Waals surface area contributed by atoms with Gasteiger partial charge in [0.1, 0.15) is 11.5 Å². The van der Waals surface area contributed by atoms with Gasteiger partial charge in [-0.15, -0.1) is 0 Å². The van der Waals surface area contributed by atoms with Crippen LogP contribution in [-0.4, -0.2) is 12.6 Å². The van der Waals surface area contributed by atoms with Crippen molar-refractivity contribution in [2.75, 3.05) is 6.61 Å². The fourth-order valence-corrected chi connectivity index (χ4v) is 2.55. The molecule has 0 spiro atoms. The number of carbonyl (C=O) groups excluding carboxylic acids is 1. The highest BCUT2D eigenvalue weighted by molar-refractivity contribution is 5.89. The monoisotopic (exact) mass is 324 g/mol. The fraction of sp³-hybridized carbons (Fsp3) is 0.286. The molecule has 0 bridgehead atoms. The maximum absolute atomic E-state index is 11.9. The zero-order chi connectivity index (χ0) is 17.7. The molecule has 2 rings (SSSR count). The van der Waals surface area contributed by atoms with Crippen molar-refractivity contribution in [1.29, 1.82) is 0 Å². The summed E-state index contributed by atoms with van der Waals surface area (Å²) < 4.78 is 11.0. The topological polar surface area (TPSA) is 35.5 Å². The minimum absolute atomic E-state index is 0.323. The lowest BCUT2D eigenvalue weighted by atomic mass is 9.77. The molecule has 0 heterocycles. The van der Waals surface area contributed by atoms with Gasteiger partial charge in [-0.2, -0.15) is 0 Å². The first-order valence-electron chi connectivity index (χ1n) is 8.06. The van der Waals surface area contributed by atoms with Crippen LogP contribution in [0.2, 0.25) is 0 Å². The Kier molecular flexibility index (Phi) is 5.45. The van der Waals surface area contributed by atoms with Crippen molar-refractivity contribution in [3.05, 3.63) is 71.8 Å². The van der Waals surface area contributed by atoms with Crippen LogP contribution in [0.3, 0.4) is 0 Å². The van der Waals surface area contributed by atoms with Crippen molar-refractivity contribution in [2.45, 2.75) is 33.1 Å². The van der Waals surface area contributed by atoms with Crippen molar-refractivity contribution in [2.24, 2.45) is 0 Å². The molecule has 0 amide bonds. The Balaban J connectivity index is 2.38. The summed E-state index contributed by atoms with van der Waals surface area (Å²) in [6.07, 6.45) is 0. The summed E-state index contributed by atoms with van der Waals surface area (Å²) in [5.41, 5.74) is 2.12. The molecule has 126 valence electrons.